The number of pyridine rings is 2. The first-order valence-electron chi connectivity index (χ1n) is 10.5. The van der Waals surface area contributed by atoms with Crippen LogP contribution >= 0.6 is 11.8 Å². The molecule has 0 saturated carbocycles. The van der Waals surface area contributed by atoms with Gasteiger partial charge in [-0.1, -0.05) is 11.8 Å². The van der Waals surface area contributed by atoms with Gasteiger partial charge >= 0.3 is 6.61 Å². The molecule has 0 atom stereocenters. The number of hydrogen-bond acceptors (Lipinski definition) is 9. The Kier molecular flexibility index (Phi) is 7.01. The summed E-state index contributed by atoms with van der Waals surface area (Å²) in [6.45, 7) is -3.27. The minimum absolute atomic E-state index is 0.108. The quantitative estimate of drug-likeness (QED) is 0.227. The Morgan fingerprint density at radius 1 is 1.36 bits per heavy atom. The third kappa shape index (κ3) is 4.77. The Morgan fingerprint density at radius 2 is 2.14 bits per heavy atom. The number of likely N-dealkylation sites (N-methyl/N-ethyl adjacent to an activating group) is 1. The van der Waals surface area contributed by atoms with Gasteiger partial charge in [0.2, 0.25) is 0 Å². The molecule has 13 heteroatoms. The molecular formula is C23H21F2N7O3S. The van der Waals surface area contributed by atoms with Gasteiger partial charge in [0.25, 0.3) is 5.91 Å². The third-order valence-electron chi connectivity index (χ3n) is 5.31. The van der Waals surface area contributed by atoms with Crippen LogP contribution in [0.2, 0.25) is 0 Å². The number of alkyl halides is 2. The lowest BCUT2D eigenvalue weighted by atomic mass is 10.1. The number of ether oxygens (including phenoxy) is 2. The highest BCUT2D eigenvalue weighted by Gasteiger charge is 2.25. The summed E-state index contributed by atoms with van der Waals surface area (Å²) in [4.78, 5) is 18.4. The molecular weight excluding hydrogens is 492 g/mol. The molecule has 1 aliphatic heterocycles. The van der Waals surface area contributed by atoms with E-state index in [1.165, 1.54) is 23.4 Å². The minimum Gasteiger partial charge on any atom is -0.481 e. The summed E-state index contributed by atoms with van der Waals surface area (Å²) in [7, 11) is 3.25. The molecule has 0 aliphatic carbocycles. The molecule has 36 heavy (non-hydrogen) atoms. The molecule has 0 radical (unpaired) electrons. The molecule has 2 aromatic heterocycles. The van der Waals surface area contributed by atoms with Gasteiger partial charge in [0, 0.05) is 54.1 Å². The van der Waals surface area contributed by atoms with Crippen LogP contribution in [0.1, 0.15) is 5.56 Å². The van der Waals surface area contributed by atoms with E-state index >= 15 is 0 Å². The second kappa shape index (κ2) is 10.2. The SMILES string of the molecule is CN/C=C(\C=N)c1cc(OC(F)F)c(=N)n(C(=N)Sc2ccc3ncc4c(c3c2)OCC(=O)N4C)c1. The van der Waals surface area contributed by atoms with Crippen molar-refractivity contribution < 1.29 is 23.0 Å². The first-order valence-corrected chi connectivity index (χ1v) is 11.3. The topological polar surface area (TPSA) is 140 Å². The second-order valence-electron chi connectivity index (χ2n) is 7.52. The first kappa shape index (κ1) is 24.9. The molecule has 186 valence electrons. The van der Waals surface area contributed by atoms with Crippen LogP contribution in [0.5, 0.6) is 11.5 Å². The first-order chi connectivity index (χ1) is 17.2. The molecule has 0 saturated heterocycles. The van der Waals surface area contributed by atoms with Crippen molar-refractivity contribution in [2.45, 2.75) is 11.5 Å². The highest BCUT2D eigenvalue weighted by molar-refractivity contribution is 8.13. The predicted octanol–water partition coefficient (Wildman–Crippen LogP) is 3.26. The van der Waals surface area contributed by atoms with Crippen LogP contribution in [-0.2, 0) is 4.79 Å². The van der Waals surface area contributed by atoms with Crippen LogP contribution in [-0.4, -0.2) is 54.2 Å². The van der Waals surface area contributed by atoms with Crippen molar-refractivity contribution >= 4 is 51.2 Å². The summed E-state index contributed by atoms with van der Waals surface area (Å²) < 4.78 is 37.3. The molecule has 3 heterocycles. The number of nitrogens with one attached hydrogen (secondary N) is 4. The van der Waals surface area contributed by atoms with Crippen LogP contribution in [0.4, 0.5) is 14.5 Å². The van der Waals surface area contributed by atoms with E-state index in [4.69, 9.17) is 21.0 Å². The standard InChI is InChI=1S/C23H21F2N7O3S/c1-29-8-13(7-26)12-5-18(35-22(24)25)21(27)32(10-12)23(28)36-14-3-4-16-15(6-14)20-17(9-30-16)31(2)19(33)11-34-20/h3-10,22,26-29H,11H2,1-2H3/b13-8+,26-7?,27-21?,28-23?. The number of rotatable bonds is 6. The Labute approximate surface area is 208 Å². The van der Waals surface area contributed by atoms with Gasteiger partial charge in [-0.2, -0.15) is 8.78 Å². The fraction of sp³-hybridized carbons (Fsp3) is 0.174. The fourth-order valence-corrected chi connectivity index (χ4v) is 4.33. The number of nitrogens with zero attached hydrogens (tertiary/aromatic N) is 3. The number of carbonyl (C=O) groups is 1. The van der Waals surface area contributed by atoms with Crippen molar-refractivity contribution in [3.05, 3.63) is 53.9 Å². The lowest BCUT2D eigenvalue weighted by molar-refractivity contribution is -0.120. The summed E-state index contributed by atoms with van der Waals surface area (Å²) in [6, 6.07) is 6.44. The zero-order valence-corrected chi connectivity index (χ0v) is 20.0. The van der Waals surface area contributed by atoms with Crippen molar-refractivity contribution in [2.75, 3.05) is 25.6 Å². The third-order valence-corrected chi connectivity index (χ3v) is 6.19. The van der Waals surface area contributed by atoms with E-state index in [1.807, 2.05) is 0 Å². The smallest absolute Gasteiger partial charge is 0.387 e. The van der Waals surface area contributed by atoms with Gasteiger partial charge in [0.15, 0.2) is 28.8 Å². The summed E-state index contributed by atoms with van der Waals surface area (Å²) in [5, 5.41) is 27.8. The number of allylic oxidation sites excluding steroid dienone is 1. The monoisotopic (exact) mass is 513 g/mol. The van der Waals surface area contributed by atoms with E-state index < -0.39 is 17.8 Å². The summed E-state index contributed by atoms with van der Waals surface area (Å²) in [5.74, 6) is -0.143. The number of hydrogen-bond donors (Lipinski definition) is 4. The van der Waals surface area contributed by atoms with E-state index in [2.05, 4.69) is 15.0 Å². The van der Waals surface area contributed by atoms with E-state index in [1.54, 1.807) is 38.5 Å². The number of thioether (sulfide) groups is 1. The van der Waals surface area contributed by atoms with Gasteiger partial charge in [0.1, 0.15) is 5.69 Å². The Balaban J connectivity index is 1.75. The van der Waals surface area contributed by atoms with Crippen molar-refractivity contribution in [2.24, 2.45) is 0 Å². The highest BCUT2D eigenvalue weighted by Crippen LogP contribution is 2.38. The van der Waals surface area contributed by atoms with Gasteiger partial charge in [-0.25, -0.2) is 0 Å². The van der Waals surface area contributed by atoms with Crippen molar-refractivity contribution in [1.82, 2.24) is 14.9 Å². The van der Waals surface area contributed by atoms with E-state index in [-0.39, 0.29) is 17.7 Å². The molecule has 1 aromatic carbocycles. The predicted molar refractivity (Wildman–Crippen MR) is 132 cm³/mol. The molecule has 0 fully saturated rings. The van der Waals surface area contributed by atoms with Crippen LogP contribution in [0.3, 0.4) is 0 Å². The molecule has 0 bridgehead atoms. The number of benzene rings is 1. The van der Waals surface area contributed by atoms with Crippen molar-refractivity contribution in [3.63, 3.8) is 0 Å². The molecule has 0 unspecified atom stereocenters. The minimum atomic E-state index is -3.17. The summed E-state index contributed by atoms with van der Waals surface area (Å²) in [5.41, 5.74) is 1.34. The lowest BCUT2D eigenvalue weighted by Gasteiger charge is -2.26. The van der Waals surface area contributed by atoms with Gasteiger partial charge in [-0.15, -0.1) is 0 Å². The second-order valence-corrected chi connectivity index (χ2v) is 8.59. The zero-order chi connectivity index (χ0) is 26.0. The van der Waals surface area contributed by atoms with Crippen molar-refractivity contribution in [1.29, 1.82) is 16.2 Å². The number of halogens is 2. The molecule has 3 aromatic rings. The molecule has 1 amide bonds. The number of carbonyl (C=O) groups excluding carboxylic acids is 1. The fourth-order valence-electron chi connectivity index (χ4n) is 3.55. The molecule has 10 nitrogen and oxygen atoms in total. The lowest BCUT2D eigenvalue weighted by Crippen LogP contribution is -2.35. The summed E-state index contributed by atoms with van der Waals surface area (Å²) >= 11 is 0.974. The molecule has 1 aliphatic rings. The van der Waals surface area contributed by atoms with Crippen LogP contribution in [0, 0.1) is 16.2 Å². The molecule has 0 spiro atoms. The van der Waals surface area contributed by atoms with Gasteiger partial charge < -0.3 is 25.1 Å². The van der Waals surface area contributed by atoms with E-state index in [0.29, 0.717) is 38.4 Å². The van der Waals surface area contributed by atoms with Crippen LogP contribution < -0.4 is 25.2 Å². The van der Waals surface area contributed by atoms with Crippen LogP contribution in [0.15, 0.2) is 47.8 Å². The Morgan fingerprint density at radius 3 is 2.83 bits per heavy atom. The highest BCUT2D eigenvalue weighted by atomic mass is 32.2. The number of anilines is 1. The van der Waals surface area contributed by atoms with Crippen LogP contribution in [0.25, 0.3) is 16.5 Å². The molecule has 4 rings (SSSR count). The average Bonchev–Trinajstić information content (AvgIpc) is 2.85. The Hall–Kier alpha value is -4.26. The van der Waals surface area contributed by atoms with Gasteiger partial charge in [-0.05, 0) is 24.3 Å². The maximum absolute atomic E-state index is 13.0. The number of amides is 1. The largest absolute Gasteiger partial charge is 0.481 e. The normalized spacial score (nSPS) is 13.4. The summed E-state index contributed by atoms with van der Waals surface area (Å²) in [6.07, 6.45) is 5.46. The maximum Gasteiger partial charge on any atom is 0.387 e. The zero-order valence-electron chi connectivity index (χ0n) is 19.1. The average molecular weight is 514 g/mol. The number of aromatic nitrogens is 2. The van der Waals surface area contributed by atoms with E-state index in [0.717, 1.165) is 22.5 Å². The molecule has 4 N–H and O–H groups in total. The van der Waals surface area contributed by atoms with Gasteiger partial charge in [0.05, 0.1) is 11.7 Å². The Bertz CT molecular complexity index is 1470. The maximum atomic E-state index is 13.0. The number of fused-ring (bicyclic) bond motifs is 3. The van der Waals surface area contributed by atoms with Gasteiger partial charge in [-0.3, -0.25) is 25.2 Å². The van der Waals surface area contributed by atoms with E-state index in [9.17, 15) is 13.6 Å². The van der Waals surface area contributed by atoms with Crippen molar-refractivity contribution in [3.8, 4) is 11.5 Å².